The first-order valence-electron chi connectivity index (χ1n) is 35.9. The zero-order chi connectivity index (χ0) is 56.4. The summed E-state index contributed by atoms with van der Waals surface area (Å²) in [5.74, 6) is -0.0291. The molecule has 1 amide bonds. The van der Waals surface area contributed by atoms with E-state index in [1.807, 2.05) is 0 Å². The molecule has 0 aromatic rings. The zero-order valence-electron chi connectivity index (χ0n) is 53.2. The van der Waals surface area contributed by atoms with E-state index in [1.165, 1.54) is 340 Å². The van der Waals surface area contributed by atoms with E-state index in [2.05, 4.69) is 31.3 Å². The number of allylic oxidation sites excluding steroid dienone is 2. The number of ether oxygens (including phenoxy) is 1. The van der Waals surface area contributed by atoms with E-state index >= 15 is 0 Å². The van der Waals surface area contributed by atoms with Crippen LogP contribution >= 0.6 is 0 Å². The topological polar surface area (TPSA) is 95.9 Å². The number of carbonyl (C=O) groups excluding carboxylic acids is 2. The van der Waals surface area contributed by atoms with Crippen molar-refractivity contribution in [2.75, 3.05) is 13.2 Å². The fraction of sp³-hybridized carbons (Fsp3) is 0.944. The van der Waals surface area contributed by atoms with Gasteiger partial charge in [-0.3, -0.25) is 9.59 Å². The van der Waals surface area contributed by atoms with Gasteiger partial charge in [-0.1, -0.05) is 360 Å². The lowest BCUT2D eigenvalue weighted by atomic mass is 10.0. The zero-order valence-corrected chi connectivity index (χ0v) is 53.2. The Labute approximate surface area is 489 Å². The fourth-order valence-corrected chi connectivity index (χ4v) is 11.6. The van der Waals surface area contributed by atoms with E-state index in [0.717, 1.165) is 38.5 Å². The van der Waals surface area contributed by atoms with Gasteiger partial charge in [0.15, 0.2) is 0 Å². The number of hydrogen-bond donors (Lipinski definition) is 3. The number of esters is 1. The van der Waals surface area contributed by atoms with Crippen LogP contribution in [0.1, 0.15) is 412 Å². The van der Waals surface area contributed by atoms with Gasteiger partial charge in [-0.2, -0.15) is 0 Å². The van der Waals surface area contributed by atoms with Crippen LogP contribution in [0.4, 0.5) is 0 Å². The average Bonchev–Trinajstić information content (AvgIpc) is 3.44. The van der Waals surface area contributed by atoms with Gasteiger partial charge in [-0.15, -0.1) is 0 Å². The van der Waals surface area contributed by atoms with E-state index in [0.29, 0.717) is 25.9 Å². The molecule has 78 heavy (non-hydrogen) atoms. The van der Waals surface area contributed by atoms with Crippen LogP contribution in [0, 0.1) is 0 Å². The van der Waals surface area contributed by atoms with E-state index in [9.17, 15) is 19.8 Å². The summed E-state index contributed by atoms with van der Waals surface area (Å²) in [7, 11) is 0. The second-order valence-electron chi connectivity index (χ2n) is 24.9. The van der Waals surface area contributed by atoms with Crippen molar-refractivity contribution in [3.63, 3.8) is 0 Å². The van der Waals surface area contributed by atoms with Crippen LogP contribution in [-0.2, 0) is 14.3 Å². The predicted octanol–water partition coefficient (Wildman–Crippen LogP) is 23.1. The van der Waals surface area contributed by atoms with Gasteiger partial charge in [-0.25, -0.2) is 0 Å². The van der Waals surface area contributed by atoms with Gasteiger partial charge in [0, 0.05) is 12.8 Å². The molecule has 0 aliphatic rings. The number of nitrogens with one attached hydrogen (secondary N) is 1. The molecular weight excluding hydrogens is 959 g/mol. The molecule has 0 spiro atoms. The Balaban J connectivity index is 3.40. The van der Waals surface area contributed by atoms with Crippen molar-refractivity contribution in [3.8, 4) is 0 Å². The molecule has 0 aliphatic heterocycles. The van der Waals surface area contributed by atoms with Crippen molar-refractivity contribution in [3.05, 3.63) is 12.2 Å². The van der Waals surface area contributed by atoms with E-state index in [-0.39, 0.29) is 18.5 Å². The molecule has 0 aliphatic carbocycles. The second kappa shape index (κ2) is 68.1. The van der Waals surface area contributed by atoms with Gasteiger partial charge in [-0.05, 0) is 51.4 Å². The lowest BCUT2D eigenvalue weighted by molar-refractivity contribution is -0.143. The lowest BCUT2D eigenvalue weighted by Crippen LogP contribution is -2.45. The van der Waals surface area contributed by atoms with Crippen molar-refractivity contribution in [1.29, 1.82) is 0 Å². The maximum atomic E-state index is 12.5. The monoisotopic (exact) mass is 1100 g/mol. The third-order valence-corrected chi connectivity index (χ3v) is 17.1. The van der Waals surface area contributed by atoms with Crippen LogP contribution in [0.5, 0.6) is 0 Å². The molecule has 0 heterocycles. The van der Waals surface area contributed by atoms with E-state index in [1.54, 1.807) is 0 Å². The van der Waals surface area contributed by atoms with Crippen molar-refractivity contribution < 1.29 is 24.5 Å². The van der Waals surface area contributed by atoms with Gasteiger partial charge < -0.3 is 20.3 Å². The third-order valence-electron chi connectivity index (χ3n) is 17.1. The van der Waals surface area contributed by atoms with Gasteiger partial charge in [0.1, 0.15) is 0 Å². The van der Waals surface area contributed by atoms with Gasteiger partial charge in [0.05, 0.1) is 25.4 Å². The molecule has 0 aromatic carbocycles. The Bertz CT molecular complexity index is 1180. The summed E-state index contributed by atoms with van der Waals surface area (Å²) in [4.78, 5) is 24.7. The molecule has 464 valence electrons. The Morgan fingerprint density at radius 3 is 0.910 bits per heavy atom. The number of aliphatic hydroxyl groups excluding tert-OH is 2. The Hall–Kier alpha value is -1.40. The maximum absolute atomic E-state index is 12.5. The molecule has 2 atom stereocenters. The van der Waals surface area contributed by atoms with E-state index < -0.39 is 12.1 Å². The summed E-state index contributed by atoms with van der Waals surface area (Å²) in [6.45, 7) is 4.99. The highest BCUT2D eigenvalue weighted by atomic mass is 16.5. The molecule has 2 unspecified atom stereocenters. The Morgan fingerprint density at radius 2 is 0.603 bits per heavy atom. The van der Waals surface area contributed by atoms with Gasteiger partial charge in [0.25, 0.3) is 0 Å². The summed E-state index contributed by atoms with van der Waals surface area (Å²) in [6, 6.07) is -0.549. The molecule has 0 fully saturated rings. The highest BCUT2D eigenvalue weighted by molar-refractivity contribution is 5.76. The summed E-state index contributed by atoms with van der Waals surface area (Å²) >= 11 is 0. The minimum atomic E-state index is -0.671. The number of aliphatic hydroxyl groups is 2. The third kappa shape index (κ3) is 63.8. The van der Waals surface area contributed by atoms with Crippen molar-refractivity contribution in [1.82, 2.24) is 5.32 Å². The van der Waals surface area contributed by atoms with Crippen LogP contribution in [0.3, 0.4) is 0 Å². The first-order valence-corrected chi connectivity index (χ1v) is 35.9. The Kier molecular flexibility index (Phi) is 66.9. The molecule has 0 rings (SSSR count). The lowest BCUT2D eigenvalue weighted by Gasteiger charge is -2.22. The van der Waals surface area contributed by atoms with Crippen molar-refractivity contribution in [2.24, 2.45) is 0 Å². The van der Waals surface area contributed by atoms with Gasteiger partial charge in [0.2, 0.25) is 5.91 Å². The quantitative estimate of drug-likeness (QED) is 0.0320. The molecule has 6 heteroatoms. The second-order valence-corrected chi connectivity index (χ2v) is 24.9. The van der Waals surface area contributed by atoms with Gasteiger partial charge >= 0.3 is 5.97 Å². The number of amides is 1. The summed E-state index contributed by atoms with van der Waals surface area (Å²) in [6.07, 6.45) is 84.0. The highest BCUT2D eigenvalue weighted by Crippen LogP contribution is 2.19. The minimum absolute atomic E-state index is 0.0102. The van der Waals surface area contributed by atoms with Crippen LogP contribution in [0.25, 0.3) is 0 Å². The summed E-state index contributed by atoms with van der Waals surface area (Å²) in [5.41, 5.74) is 0. The molecule has 0 saturated heterocycles. The first-order chi connectivity index (χ1) is 38.5. The smallest absolute Gasteiger partial charge is 0.305 e. The minimum Gasteiger partial charge on any atom is -0.466 e. The first kappa shape index (κ1) is 76.6. The van der Waals surface area contributed by atoms with Crippen LogP contribution in [0.15, 0.2) is 12.2 Å². The fourth-order valence-electron chi connectivity index (χ4n) is 11.6. The van der Waals surface area contributed by atoms with E-state index in [4.69, 9.17) is 4.74 Å². The molecule has 0 bridgehead atoms. The number of carbonyl (C=O) groups is 2. The average molecular weight is 1100 g/mol. The van der Waals surface area contributed by atoms with Crippen LogP contribution in [0.2, 0.25) is 0 Å². The molecule has 0 aromatic heterocycles. The summed E-state index contributed by atoms with van der Waals surface area (Å²) < 4.78 is 5.51. The molecule has 0 radical (unpaired) electrons. The highest BCUT2D eigenvalue weighted by Gasteiger charge is 2.20. The largest absolute Gasteiger partial charge is 0.466 e. The van der Waals surface area contributed by atoms with Crippen LogP contribution in [-0.4, -0.2) is 47.4 Å². The van der Waals surface area contributed by atoms with Crippen LogP contribution < -0.4 is 5.32 Å². The predicted molar refractivity (Wildman–Crippen MR) is 343 cm³/mol. The molecule has 6 nitrogen and oxygen atoms in total. The molecular formula is C72H141NO5. The number of unbranched alkanes of at least 4 members (excludes halogenated alkanes) is 55. The molecule has 0 saturated carbocycles. The number of rotatable bonds is 68. The summed E-state index contributed by atoms with van der Waals surface area (Å²) in [5, 5.41) is 23.4. The van der Waals surface area contributed by atoms with Crippen molar-refractivity contribution >= 4 is 11.9 Å². The Morgan fingerprint density at radius 1 is 0.346 bits per heavy atom. The van der Waals surface area contributed by atoms with Crippen molar-refractivity contribution in [2.45, 2.75) is 424 Å². The number of hydrogen-bond acceptors (Lipinski definition) is 5. The normalized spacial score (nSPS) is 12.5. The molecule has 3 N–H and O–H groups in total. The standard InChI is InChI=1S/C72H141NO5/c1-3-5-7-9-11-13-15-17-19-21-23-24-25-26-29-32-36-40-44-48-52-56-60-64-70(75)69(68-74)73-71(76)65-61-57-53-49-45-41-37-33-30-27-31-35-39-43-47-51-55-59-63-67-78-72(77)66-62-58-54-50-46-42-38-34-28-22-20-18-16-14-12-10-8-6-4-2/h27,30,69-70,74-75H,3-26,28-29,31-68H2,1-2H3,(H,73,76)/b30-27-. The maximum Gasteiger partial charge on any atom is 0.305 e. The SMILES string of the molecule is CCCCCCCCCCCCCCCCCCCCCCCCCC(O)C(CO)NC(=O)CCCCCCCCC/C=C\CCCCCCCCCCOC(=O)CCCCCCCCCCCCCCCCCCCCC.